The molecule has 1 atom stereocenters. The lowest BCUT2D eigenvalue weighted by atomic mass is 10.0. The van der Waals surface area contributed by atoms with Crippen LogP contribution in [-0.4, -0.2) is 6.04 Å². The molecule has 0 aliphatic heterocycles. The fourth-order valence-corrected chi connectivity index (χ4v) is 1.13. The van der Waals surface area contributed by atoms with Crippen LogP contribution in [0.1, 0.15) is 18.9 Å². The molecule has 0 saturated heterocycles. The van der Waals surface area contributed by atoms with Gasteiger partial charge in [0.1, 0.15) is 11.6 Å². The van der Waals surface area contributed by atoms with Crippen LogP contribution in [0.15, 0.2) is 18.2 Å². The molecule has 0 fully saturated rings. The molecule has 0 amide bonds. The smallest absolute Gasteiger partial charge is 0.129 e. The summed E-state index contributed by atoms with van der Waals surface area (Å²) in [5.74, 6) is -1.02. The molecular formula is C10H13F2N. The molecule has 1 aromatic carbocycles. The zero-order chi connectivity index (χ0) is 9.84. The second-order valence-electron chi connectivity index (χ2n) is 3.07. The molecule has 0 saturated carbocycles. The summed E-state index contributed by atoms with van der Waals surface area (Å²) in [5, 5.41) is 0. The zero-order valence-electron chi connectivity index (χ0n) is 7.56. The number of hydrogen-bond donors (Lipinski definition) is 1. The first-order valence-electron chi connectivity index (χ1n) is 4.33. The van der Waals surface area contributed by atoms with E-state index in [0.717, 1.165) is 0 Å². The third-order valence-electron chi connectivity index (χ3n) is 2.05. The van der Waals surface area contributed by atoms with E-state index in [1.54, 1.807) is 0 Å². The highest BCUT2D eigenvalue weighted by molar-refractivity contribution is 5.20. The van der Waals surface area contributed by atoms with Crippen molar-refractivity contribution in [2.45, 2.75) is 25.8 Å². The third kappa shape index (κ3) is 2.49. The van der Waals surface area contributed by atoms with Crippen molar-refractivity contribution in [2.24, 2.45) is 5.73 Å². The van der Waals surface area contributed by atoms with E-state index < -0.39 is 11.6 Å². The summed E-state index contributed by atoms with van der Waals surface area (Å²) in [4.78, 5) is 0. The van der Waals surface area contributed by atoms with Gasteiger partial charge in [-0.25, -0.2) is 8.78 Å². The number of hydrogen-bond acceptors (Lipinski definition) is 1. The van der Waals surface area contributed by atoms with Gasteiger partial charge in [-0.15, -0.1) is 0 Å². The average molecular weight is 185 g/mol. The minimum atomic E-state index is -0.510. The molecule has 1 aromatic rings. The van der Waals surface area contributed by atoms with Crippen LogP contribution in [0.4, 0.5) is 8.78 Å². The molecule has 1 nitrogen and oxygen atoms in total. The van der Waals surface area contributed by atoms with Gasteiger partial charge < -0.3 is 5.73 Å². The van der Waals surface area contributed by atoms with Crippen molar-refractivity contribution in [1.29, 1.82) is 0 Å². The predicted molar refractivity (Wildman–Crippen MR) is 48.3 cm³/mol. The van der Waals surface area contributed by atoms with Gasteiger partial charge in [-0.3, -0.25) is 0 Å². The van der Waals surface area contributed by atoms with Crippen LogP contribution < -0.4 is 5.73 Å². The molecule has 1 rings (SSSR count). The fourth-order valence-electron chi connectivity index (χ4n) is 1.13. The van der Waals surface area contributed by atoms with Crippen molar-refractivity contribution < 1.29 is 8.78 Å². The minimum Gasteiger partial charge on any atom is -0.327 e. The summed E-state index contributed by atoms with van der Waals surface area (Å²) in [6, 6.07) is 3.68. The summed E-state index contributed by atoms with van der Waals surface area (Å²) in [7, 11) is 0. The first-order valence-corrected chi connectivity index (χ1v) is 4.33. The highest BCUT2D eigenvalue weighted by Gasteiger charge is 2.10. The first kappa shape index (κ1) is 10.1. The average Bonchev–Trinajstić information content (AvgIpc) is 2.11. The second-order valence-corrected chi connectivity index (χ2v) is 3.07. The van der Waals surface area contributed by atoms with Crippen LogP contribution in [-0.2, 0) is 6.42 Å². The van der Waals surface area contributed by atoms with E-state index in [2.05, 4.69) is 0 Å². The molecule has 1 unspecified atom stereocenters. The van der Waals surface area contributed by atoms with Crippen LogP contribution >= 0.6 is 0 Å². The summed E-state index contributed by atoms with van der Waals surface area (Å²) >= 11 is 0. The Hall–Kier alpha value is -0.960. The van der Waals surface area contributed by atoms with E-state index in [4.69, 9.17) is 5.73 Å². The van der Waals surface area contributed by atoms with Crippen molar-refractivity contribution in [3.05, 3.63) is 35.4 Å². The molecule has 72 valence electrons. The number of benzene rings is 1. The molecule has 2 N–H and O–H groups in total. The van der Waals surface area contributed by atoms with Crippen molar-refractivity contribution in [3.63, 3.8) is 0 Å². The van der Waals surface area contributed by atoms with Gasteiger partial charge in [0.25, 0.3) is 0 Å². The Morgan fingerprint density at radius 2 is 1.85 bits per heavy atom. The number of nitrogens with two attached hydrogens (primary N) is 1. The van der Waals surface area contributed by atoms with Crippen LogP contribution in [0.5, 0.6) is 0 Å². The van der Waals surface area contributed by atoms with Gasteiger partial charge in [-0.1, -0.05) is 13.0 Å². The Balaban J connectivity index is 2.87. The van der Waals surface area contributed by atoms with Crippen LogP contribution in [0.3, 0.4) is 0 Å². The molecule has 3 heteroatoms. The topological polar surface area (TPSA) is 26.0 Å². The van der Waals surface area contributed by atoms with Gasteiger partial charge in [0, 0.05) is 11.6 Å². The number of halogens is 2. The fraction of sp³-hybridized carbons (Fsp3) is 0.400. The summed E-state index contributed by atoms with van der Waals surface area (Å²) < 4.78 is 26.1. The largest absolute Gasteiger partial charge is 0.327 e. The maximum atomic E-state index is 13.1. The van der Waals surface area contributed by atoms with Gasteiger partial charge in [-0.05, 0) is 25.0 Å². The first-order chi connectivity index (χ1) is 6.15. The van der Waals surface area contributed by atoms with E-state index in [-0.39, 0.29) is 18.0 Å². The van der Waals surface area contributed by atoms with Gasteiger partial charge in [0.05, 0.1) is 0 Å². The van der Waals surface area contributed by atoms with Crippen molar-refractivity contribution in [2.75, 3.05) is 0 Å². The van der Waals surface area contributed by atoms with Crippen molar-refractivity contribution in [3.8, 4) is 0 Å². The van der Waals surface area contributed by atoms with E-state index >= 15 is 0 Å². The Labute approximate surface area is 76.6 Å². The van der Waals surface area contributed by atoms with E-state index in [1.165, 1.54) is 18.2 Å². The molecule has 0 radical (unpaired) electrons. The standard InChI is InChI=1S/C10H13F2N/c1-2-7(13)6-8-9(11)4-3-5-10(8)12/h3-5,7H,2,6,13H2,1H3. The van der Waals surface area contributed by atoms with Gasteiger partial charge >= 0.3 is 0 Å². The SMILES string of the molecule is CCC(N)Cc1c(F)cccc1F. The lowest BCUT2D eigenvalue weighted by molar-refractivity contribution is 0.530. The molecule has 0 heterocycles. The van der Waals surface area contributed by atoms with Crippen LogP contribution in [0, 0.1) is 11.6 Å². The summed E-state index contributed by atoms with van der Waals surface area (Å²) in [5.41, 5.74) is 5.70. The lowest BCUT2D eigenvalue weighted by Crippen LogP contribution is -2.22. The van der Waals surface area contributed by atoms with Crippen molar-refractivity contribution in [1.82, 2.24) is 0 Å². The van der Waals surface area contributed by atoms with Gasteiger partial charge in [0.15, 0.2) is 0 Å². The maximum absolute atomic E-state index is 13.1. The zero-order valence-corrected chi connectivity index (χ0v) is 7.56. The Morgan fingerprint density at radius 1 is 1.31 bits per heavy atom. The molecule has 0 aliphatic carbocycles. The van der Waals surface area contributed by atoms with Crippen LogP contribution in [0.25, 0.3) is 0 Å². The predicted octanol–water partition coefficient (Wildman–Crippen LogP) is 2.24. The number of rotatable bonds is 3. The highest BCUT2D eigenvalue weighted by Crippen LogP contribution is 2.14. The molecule has 0 spiro atoms. The van der Waals surface area contributed by atoms with E-state index in [0.29, 0.717) is 6.42 Å². The summed E-state index contributed by atoms with van der Waals surface area (Å²) in [6.07, 6.45) is 0.975. The van der Waals surface area contributed by atoms with E-state index in [1.807, 2.05) is 6.92 Å². The van der Waals surface area contributed by atoms with Crippen LogP contribution in [0.2, 0.25) is 0 Å². The molecule has 0 aromatic heterocycles. The van der Waals surface area contributed by atoms with Crippen molar-refractivity contribution >= 4 is 0 Å². The molecule has 0 bridgehead atoms. The Bertz CT molecular complexity index is 266. The molecular weight excluding hydrogens is 172 g/mol. The second kappa shape index (κ2) is 4.33. The molecule has 0 aliphatic rings. The van der Waals surface area contributed by atoms with Gasteiger partial charge in [-0.2, -0.15) is 0 Å². The third-order valence-corrected chi connectivity index (χ3v) is 2.05. The maximum Gasteiger partial charge on any atom is 0.129 e. The van der Waals surface area contributed by atoms with E-state index in [9.17, 15) is 8.78 Å². The highest BCUT2D eigenvalue weighted by atomic mass is 19.1. The lowest BCUT2D eigenvalue weighted by Gasteiger charge is -2.09. The quantitative estimate of drug-likeness (QED) is 0.767. The normalized spacial score (nSPS) is 12.9. The Morgan fingerprint density at radius 3 is 2.31 bits per heavy atom. The molecule has 13 heavy (non-hydrogen) atoms. The monoisotopic (exact) mass is 185 g/mol. The van der Waals surface area contributed by atoms with Gasteiger partial charge in [0.2, 0.25) is 0 Å². The Kier molecular flexibility index (Phi) is 3.37. The minimum absolute atomic E-state index is 0.0943. The summed E-state index contributed by atoms with van der Waals surface area (Å²) in [6.45, 7) is 1.89.